The second-order valence-corrected chi connectivity index (χ2v) is 7.62. The van der Waals surface area contributed by atoms with Crippen molar-refractivity contribution in [2.24, 2.45) is 5.92 Å². The Kier molecular flexibility index (Phi) is 4.71. The zero-order valence-corrected chi connectivity index (χ0v) is 15.0. The van der Waals surface area contributed by atoms with Gasteiger partial charge in [-0.05, 0) is 63.2 Å². The highest BCUT2D eigenvalue weighted by Crippen LogP contribution is 2.38. The smallest absolute Gasteiger partial charge is 0.266 e. The van der Waals surface area contributed by atoms with Gasteiger partial charge in [-0.1, -0.05) is 30.3 Å². The van der Waals surface area contributed by atoms with Gasteiger partial charge in [0.1, 0.15) is 0 Å². The van der Waals surface area contributed by atoms with Gasteiger partial charge in [-0.2, -0.15) is 5.10 Å². The van der Waals surface area contributed by atoms with Gasteiger partial charge < -0.3 is 0 Å². The Morgan fingerprint density at radius 3 is 2.44 bits per heavy atom. The molecular formula is C21H27N3O. The molecule has 4 rings (SSSR count). The van der Waals surface area contributed by atoms with E-state index in [0.717, 1.165) is 38.2 Å². The first kappa shape index (κ1) is 16.5. The maximum atomic E-state index is 12.1. The molecule has 0 radical (unpaired) electrons. The second kappa shape index (κ2) is 7.12. The maximum Gasteiger partial charge on any atom is 0.266 e. The first-order valence-corrected chi connectivity index (χ1v) is 9.58. The van der Waals surface area contributed by atoms with Gasteiger partial charge in [0, 0.05) is 24.6 Å². The van der Waals surface area contributed by atoms with Crippen molar-refractivity contribution in [3.05, 3.63) is 64.1 Å². The van der Waals surface area contributed by atoms with Crippen LogP contribution in [0.2, 0.25) is 0 Å². The molecule has 2 aromatic rings. The van der Waals surface area contributed by atoms with Crippen LogP contribution in [0.25, 0.3) is 0 Å². The monoisotopic (exact) mass is 337 g/mol. The summed E-state index contributed by atoms with van der Waals surface area (Å²) >= 11 is 0. The minimum absolute atomic E-state index is 0.0458. The molecule has 4 nitrogen and oxygen atoms in total. The zero-order chi connectivity index (χ0) is 17.2. The minimum Gasteiger partial charge on any atom is -0.297 e. The van der Waals surface area contributed by atoms with Crippen LogP contribution in [0.1, 0.15) is 55.8 Å². The van der Waals surface area contributed by atoms with E-state index in [1.807, 2.05) is 6.07 Å². The fourth-order valence-corrected chi connectivity index (χ4v) is 3.90. The number of hydrogen-bond acceptors (Lipinski definition) is 3. The average Bonchev–Trinajstić information content (AvgIpc) is 3.49. The van der Waals surface area contributed by atoms with Gasteiger partial charge in [-0.3, -0.25) is 9.69 Å². The van der Waals surface area contributed by atoms with Gasteiger partial charge in [0.25, 0.3) is 5.56 Å². The molecule has 0 N–H and O–H groups in total. The van der Waals surface area contributed by atoms with Gasteiger partial charge >= 0.3 is 0 Å². The third kappa shape index (κ3) is 3.84. The predicted octanol–water partition coefficient (Wildman–Crippen LogP) is 3.59. The number of likely N-dealkylation sites (tertiary alicyclic amines) is 1. The largest absolute Gasteiger partial charge is 0.297 e. The van der Waals surface area contributed by atoms with Crippen molar-refractivity contribution >= 4 is 0 Å². The molecule has 2 aliphatic rings. The second-order valence-electron chi connectivity index (χ2n) is 7.62. The molecular weight excluding hydrogens is 310 g/mol. The van der Waals surface area contributed by atoms with Crippen LogP contribution in [0, 0.1) is 5.92 Å². The Hall–Kier alpha value is -1.94. The lowest BCUT2D eigenvalue weighted by Crippen LogP contribution is -2.38. The summed E-state index contributed by atoms with van der Waals surface area (Å²) in [5.74, 6) is 1.15. The van der Waals surface area contributed by atoms with Crippen molar-refractivity contribution < 1.29 is 0 Å². The van der Waals surface area contributed by atoms with Crippen molar-refractivity contribution in [3.8, 4) is 0 Å². The molecule has 4 heteroatoms. The number of piperidine rings is 1. The van der Waals surface area contributed by atoms with Gasteiger partial charge in [-0.25, -0.2) is 4.68 Å². The highest BCUT2D eigenvalue weighted by atomic mass is 16.1. The molecule has 2 heterocycles. The fourth-order valence-electron chi connectivity index (χ4n) is 3.90. The summed E-state index contributed by atoms with van der Waals surface area (Å²) in [6.07, 6.45) is 4.72. The van der Waals surface area contributed by atoms with Crippen LogP contribution >= 0.6 is 0 Å². The normalized spacial score (nSPS) is 20.5. The zero-order valence-electron chi connectivity index (χ0n) is 15.0. The lowest BCUT2D eigenvalue weighted by molar-refractivity contribution is 0.131. The summed E-state index contributed by atoms with van der Waals surface area (Å²) in [5, 5.41) is 4.62. The van der Waals surface area contributed by atoms with E-state index < -0.39 is 0 Å². The predicted molar refractivity (Wildman–Crippen MR) is 99.6 cm³/mol. The minimum atomic E-state index is 0.0458. The molecule has 1 unspecified atom stereocenters. The fraction of sp³-hybridized carbons (Fsp3) is 0.524. The van der Waals surface area contributed by atoms with E-state index in [-0.39, 0.29) is 5.56 Å². The summed E-state index contributed by atoms with van der Waals surface area (Å²) in [5.41, 5.74) is 2.54. The molecule has 0 spiro atoms. The van der Waals surface area contributed by atoms with Crippen LogP contribution in [0.15, 0.2) is 47.3 Å². The summed E-state index contributed by atoms with van der Waals surface area (Å²) in [6, 6.07) is 14.8. The summed E-state index contributed by atoms with van der Waals surface area (Å²) < 4.78 is 1.72. The van der Waals surface area contributed by atoms with Crippen LogP contribution in [-0.4, -0.2) is 27.8 Å². The molecule has 1 saturated carbocycles. The molecule has 132 valence electrons. The SMILES string of the molecule is CC(c1ccccc1)N1CCC(Cn2nc(C3CC3)ccc2=O)CC1. The van der Waals surface area contributed by atoms with E-state index in [0.29, 0.717) is 17.9 Å². The standard InChI is InChI=1S/C21H27N3O/c1-16(18-5-3-2-4-6-18)23-13-11-17(12-14-23)15-24-21(25)10-9-20(22-24)19-7-8-19/h2-6,9-10,16-17,19H,7-8,11-15H2,1H3. The molecule has 1 saturated heterocycles. The van der Waals surface area contributed by atoms with E-state index in [1.165, 1.54) is 18.4 Å². The summed E-state index contributed by atoms with van der Waals surface area (Å²) in [4.78, 5) is 14.7. The number of benzene rings is 1. The highest BCUT2D eigenvalue weighted by molar-refractivity contribution is 5.18. The molecule has 25 heavy (non-hydrogen) atoms. The van der Waals surface area contributed by atoms with E-state index >= 15 is 0 Å². The Morgan fingerprint density at radius 2 is 1.76 bits per heavy atom. The lowest BCUT2D eigenvalue weighted by atomic mass is 9.94. The van der Waals surface area contributed by atoms with E-state index in [1.54, 1.807) is 10.7 Å². The Balaban J connectivity index is 1.36. The Bertz CT molecular complexity index is 758. The molecule has 2 fully saturated rings. The third-order valence-corrected chi connectivity index (χ3v) is 5.79. The first-order chi connectivity index (χ1) is 12.2. The number of rotatable bonds is 5. The van der Waals surface area contributed by atoms with Crippen LogP contribution < -0.4 is 5.56 Å². The molecule has 0 bridgehead atoms. The van der Waals surface area contributed by atoms with Crippen molar-refractivity contribution in [1.82, 2.24) is 14.7 Å². The first-order valence-electron chi connectivity index (χ1n) is 9.58. The van der Waals surface area contributed by atoms with Crippen molar-refractivity contribution in [3.63, 3.8) is 0 Å². The molecule has 1 aromatic heterocycles. The Labute approximate surface area is 149 Å². The number of aromatic nitrogens is 2. The van der Waals surface area contributed by atoms with Gasteiger partial charge in [0.2, 0.25) is 0 Å². The lowest BCUT2D eigenvalue weighted by Gasteiger charge is -2.36. The summed E-state index contributed by atoms with van der Waals surface area (Å²) in [6.45, 7) is 5.25. The van der Waals surface area contributed by atoms with Crippen molar-refractivity contribution in [1.29, 1.82) is 0 Å². The molecule has 1 aliphatic heterocycles. The highest BCUT2D eigenvalue weighted by Gasteiger charge is 2.27. The van der Waals surface area contributed by atoms with Gasteiger partial charge in [0.05, 0.1) is 5.69 Å². The molecule has 1 aliphatic carbocycles. The van der Waals surface area contributed by atoms with Crippen LogP contribution in [0.3, 0.4) is 0 Å². The van der Waals surface area contributed by atoms with Crippen molar-refractivity contribution in [2.45, 2.75) is 51.1 Å². The maximum absolute atomic E-state index is 12.1. The average molecular weight is 337 g/mol. The third-order valence-electron chi connectivity index (χ3n) is 5.79. The quantitative estimate of drug-likeness (QED) is 0.837. The number of hydrogen-bond donors (Lipinski definition) is 0. The topological polar surface area (TPSA) is 38.1 Å². The molecule has 1 aromatic carbocycles. The molecule has 1 atom stereocenters. The van der Waals surface area contributed by atoms with Crippen LogP contribution in [0.5, 0.6) is 0 Å². The van der Waals surface area contributed by atoms with E-state index in [2.05, 4.69) is 47.3 Å². The van der Waals surface area contributed by atoms with E-state index in [4.69, 9.17) is 0 Å². The molecule has 0 amide bonds. The van der Waals surface area contributed by atoms with Crippen LogP contribution in [-0.2, 0) is 6.54 Å². The van der Waals surface area contributed by atoms with Gasteiger partial charge in [0.15, 0.2) is 0 Å². The Morgan fingerprint density at radius 1 is 1.04 bits per heavy atom. The van der Waals surface area contributed by atoms with Crippen LogP contribution in [0.4, 0.5) is 0 Å². The van der Waals surface area contributed by atoms with Crippen molar-refractivity contribution in [2.75, 3.05) is 13.1 Å². The summed E-state index contributed by atoms with van der Waals surface area (Å²) in [7, 11) is 0. The number of nitrogens with zero attached hydrogens (tertiary/aromatic N) is 3. The van der Waals surface area contributed by atoms with Gasteiger partial charge in [-0.15, -0.1) is 0 Å². The van der Waals surface area contributed by atoms with E-state index in [9.17, 15) is 4.79 Å².